The Labute approximate surface area is 168 Å². The van der Waals surface area contributed by atoms with E-state index in [1.807, 2.05) is 60.7 Å². The molecule has 1 saturated heterocycles. The lowest BCUT2D eigenvalue weighted by Crippen LogP contribution is -2.44. The molecule has 0 spiro atoms. The third-order valence-corrected chi connectivity index (χ3v) is 5.14. The maximum Gasteiger partial charge on any atom is 0.325 e. The van der Waals surface area contributed by atoms with Gasteiger partial charge in [0.25, 0.3) is 5.91 Å². The number of nitrogens with one attached hydrogen (secondary N) is 1. The van der Waals surface area contributed by atoms with Gasteiger partial charge in [0.15, 0.2) is 0 Å². The quantitative estimate of drug-likeness (QED) is 0.619. The number of urea groups is 1. The lowest BCUT2D eigenvalue weighted by Gasteiger charge is -2.27. The van der Waals surface area contributed by atoms with Gasteiger partial charge in [-0.1, -0.05) is 85.6 Å². The van der Waals surface area contributed by atoms with Crippen molar-refractivity contribution in [2.24, 2.45) is 0 Å². The van der Waals surface area contributed by atoms with E-state index in [0.29, 0.717) is 12.2 Å². The fourth-order valence-corrected chi connectivity index (χ4v) is 3.60. The number of benzene rings is 2. The molecule has 1 aliphatic heterocycles. The van der Waals surface area contributed by atoms with Gasteiger partial charge >= 0.3 is 6.03 Å². The minimum absolute atomic E-state index is 0.0643. The Morgan fingerprint density at radius 3 is 2.41 bits per heavy atom. The maximum absolute atomic E-state index is 13.4. The van der Waals surface area contributed by atoms with Crippen molar-refractivity contribution in [1.29, 1.82) is 0 Å². The summed E-state index contributed by atoms with van der Waals surface area (Å²) in [5.41, 5.74) is 0.530. The monoisotopic (exact) mass is 390 g/mol. The summed E-state index contributed by atoms with van der Waals surface area (Å²) in [7, 11) is 0. The highest BCUT2D eigenvalue weighted by atomic mass is 16.5. The summed E-state index contributed by atoms with van der Waals surface area (Å²) in [5.74, 6) is 0.348. The molecule has 0 bridgehead atoms. The van der Waals surface area contributed by atoms with E-state index in [0.717, 1.165) is 28.9 Å². The summed E-state index contributed by atoms with van der Waals surface area (Å²) < 4.78 is 5.30. The molecule has 4 rings (SSSR count). The highest BCUT2D eigenvalue weighted by Gasteiger charge is 2.52. The Hall–Kier alpha value is -3.48. The van der Waals surface area contributed by atoms with Crippen LogP contribution in [0.2, 0.25) is 0 Å². The van der Waals surface area contributed by atoms with Crippen LogP contribution in [0.1, 0.15) is 37.6 Å². The predicted molar refractivity (Wildman–Crippen MR) is 106 cm³/mol. The molecule has 1 unspecified atom stereocenters. The van der Waals surface area contributed by atoms with Crippen molar-refractivity contribution < 1.29 is 14.1 Å². The number of rotatable bonds is 7. The third kappa shape index (κ3) is 3.51. The van der Waals surface area contributed by atoms with Gasteiger partial charge < -0.3 is 9.84 Å². The van der Waals surface area contributed by atoms with Crippen molar-refractivity contribution in [3.8, 4) is 11.4 Å². The molecule has 0 radical (unpaired) electrons. The number of aromatic nitrogens is 2. The molecule has 1 fully saturated rings. The van der Waals surface area contributed by atoms with Crippen molar-refractivity contribution in [3.63, 3.8) is 0 Å². The molecule has 148 valence electrons. The van der Waals surface area contributed by atoms with E-state index in [1.165, 1.54) is 0 Å². The first kappa shape index (κ1) is 18.9. The van der Waals surface area contributed by atoms with Crippen molar-refractivity contribution in [2.45, 2.75) is 38.3 Å². The topological polar surface area (TPSA) is 88.3 Å². The number of carbonyl (C=O) groups excluding carboxylic acids is 2. The van der Waals surface area contributed by atoms with Crippen LogP contribution in [0.3, 0.4) is 0 Å². The fourth-order valence-electron chi connectivity index (χ4n) is 3.60. The summed E-state index contributed by atoms with van der Waals surface area (Å²) in [6.07, 6.45) is 2.27. The number of amides is 3. The van der Waals surface area contributed by atoms with E-state index < -0.39 is 11.6 Å². The van der Waals surface area contributed by atoms with Crippen LogP contribution in [0.25, 0.3) is 11.4 Å². The lowest BCUT2D eigenvalue weighted by molar-refractivity contribution is -0.132. The predicted octanol–water partition coefficient (Wildman–Crippen LogP) is 3.87. The summed E-state index contributed by atoms with van der Waals surface area (Å²) in [4.78, 5) is 31.6. The van der Waals surface area contributed by atoms with Gasteiger partial charge in [-0.15, -0.1) is 0 Å². The first-order valence-corrected chi connectivity index (χ1v) is 9.71. The van der Waals surface area contributed by atoms with Gasteiger partial charge in [0.2, 0.25) is 11.7 Å². The van der Waals surface area contributed by atoms with E-state index in [2.05, 4.69) is 22.4 Å². The van der Waals surface area contributed by atoms with Crippen LogP contribution in [0.5, 0.6) is 0 Å². The van der Waals surface area contributed by atoms with Gasteiger partial charge in [-0.25, -0.2) is 4.79 Å². The van der Waals surface area contributed by atoms with Crippen LogP contribution in [0, 0.1) is 0 Å². The molecule has 3 aromatic rings. The third-order valence-electron chi connectivity index (χ3n) is 5.14. The van der Waals surface area contributed by atoms with Crippen LogP contribution < -0.4 is 5.32 Å². The second-order valence-electron chi connectivity index (χ2n) is 7.07. The highest BCUT2D eigenvalue weighted by molar-refractivity contribution is 6.07. The van der Waals surface area contributed by atoms with Crippen LogP contribution in [-0.2, 0) is 16.9 Å². The molecule has 0 aliphatic carbocycles. The van der Waals surface area contributed by atoms with Gasteiger partial charge in [-0.05, 0) is 12.0 Å². The maximum atomic E-state index is 13.4. The van der Waals surface area contributed by atoms with Crippen LogP contribution >= 0.6 is 0 Å². The lowest BCUT2D eigenvalue weighted by atomic mass is 9.85. The van der Waals surface area contributed by atoms with Crippen LogP contribution in [0.15, 0.2) is 65.2 Å². The molecular weight excluding hydrogens is 368 g/mol. The van der Waals surface area contributed by atoms with E-state index >= 15 is 0 Å². The molecule has 0 saturated carbocycles. The zero-order chi connectivity index (χ0) is 20.3. The molecule has 7 heteroatoms. The van der Waals surface area contributed by atoms with Gasteiger partial charge in [-0.3, -0.25) is 9.69 Å². The number of hydrogen-bond donors (Lipinski definition) is 1. The molecule has 7 nitrogen and oxygen atoms in total. The zero-order valence-corrected chi connectivity index (χ0v) is 16.2. The average molecular weight is 390 g/mol. The summed E-state index contributed by atoms with van der Waals surface area (Å²) >= 11 is 0. The summed E-state index contributed by atoms with van der Waals surface area (Å²) in [6.45, 7) is 1.99. The van der Waals surface area contributed by atoms with Crippen molar-refractivity contribution >= 4 is 11.9 Å². The Morgan fingerprint density at radius 2 is 1.72 bits per heavy atom. The smallest absolute Gasteiger partial charge is 0.325 e. The van der Waals surface area contributed by atoms with E-state index in [-0.39, 0.29) is 18.3 Å². The van der Waals surface area contributed by atoms with Crippen molar-refractivity contribution in [3.05, 3.63) is 72.1 Å². The average Bonchev–Trinajstić information content (AvgIpc) is 3.33. The molecule has 1 atom stereocenters. The van der Waals surface area contributed by atoms with Crippen LogP contribution in [-0.4, -0.2) is 27.0 Å². The summed E-state index contributed by atoms with van der Waals surface area (Å²) in [6, 6.07) is 18.3. The number of carbonyl (C=O) groups is 2. The molecule has 29 heavy (non-hydrogen) atoms. The van der Waals surface area contributed by atoms with E-state index in [1.54, 1.807) is 0 Å². The Morgan fingerprint density at radius 1 is 1.03 bits per heavy atom. The van der Waals surface area contributed by atoms with Gasteiger partial charge in [0, 0.05) is 5.56 Å². The summed E-state index contributed by atoms with van der Waals surface area (Å²) in [5, 5.41) is 6.89. The standard InChI is InChI=1S/C22H22N4O3/c1-2-3-14-22(17-12-8-5-9-13-17)20(27)26(21(28)24-22)15-18-23-19(25-29-18)16-10-6-4-7-11-16/h4-13H,2-3,14-15H2,1H3,(H,24,28). The minimum atomic E-state index is -1.06. The second-order valence-corrected chi connectivity index (χ2v) is 7.07. The SMILES string of the molecule is CCCCC1(c2ccccc2)NC(=O)N(Cc2nc(-c3ccccc3)no2)C1=O. The number of hydrogen-bond acceptors (Lipinski definition) is 5. The van der Waals surface area contributed by atoms with E-state index in [4.69, 9.17) is 4.52 Å². The fraction of sp³-hybridized carbons (Fsp3) is 0.273. The second kappa shape index (κ2) is 7.87. The first-order valence-electron chi connectivity index (χ1n) is 9.71. The largest absolute Gasteiger partial charge is 0.337 e. The Kier molecular flexibility index (Phi) is 5.12. The number of nitrogens with zero attached hydrogens (tertiary/aromatic N) is 3. The number of unbranched alkanes of at least 4 members (excludes halogenated alkanes) is 1. The van der Waals surface area contributed by atoms with Crippen molar-refractivity contribution in [1.82, 2.24) is 20.4 Å². The molecule has 1 aromatic heterocycles. The first-order chi connectivity index (χ1) is 14.1. The molecule has 1 N–H and O–H groups in total. The zero-order valence-electron chi connectivity index (χ0n) is 16.2. The number of imide groups is 1. The molecular formula is C22H22N4O3. The van der Waals surface area contributed by atoms with Crippen LogP contribution in [0.4, 0.5) is 4.79 Å². The Bertz CT molecular complexity index is 1000. The van der Waals surface area contributed by atoms with Crippen molar-refractivity contribution in [2.75, 3.05) is 0 Å². The Balaban J connectivity index is 1.60. The molecule has 2 aromatic carbocycles. The molecule has 1 aliphatic rings. The van der Waals surface area contributed by atoms with Gasteiger partial charge in [0.1, 0.15) is 12.1 Å². The normalized spacial score (nSPS) is 18.9. The van der Waals surface area contributed by atoms with Gasteiger partial charge in [0.05, 0.1) is 0 Å². The van der Waals surface area contributed by atoms with E-state index in [9.17, 15) is 9.59 Å². The molecule has 3 amide bonds. The molecule has 2 heterocycles. The van der Waals surface area contributed by atoms with Gasteiger partial charge in [-0.2, -0.15) is 4.98 Å². The minimum Gasteiger partial charge on any atom is -0.337 e. The highest BCUT2D eigenvalue weighted by Crippen LogP contribution is 2.34.